The summed E-state index contributed by atoms with van der Waals surface area (Å²) in [6.07, 6.45) is 6.08. The number of aromatic nitrogens is 2. The molecular weight excluding hydrogens is 212 g/mol. The maximum Gasteiger partial charge on any atom is 0.0921 e. The highest BCUT2D eigenvalue weighted by Crippen LogP contribution is 2.45. The van der Waals surface area contributed by atoms with Crippen LogP contribution in [-0.4, -0.2) is 46.6 Å². The molecule has 0 aromatic carbocycles. The summed E-state index contributed by atoms with van der Waals surface area (Å²) in [5.74, 6) is 0. The zero-order valence-electron chi connectivity index (χ0n) is 10.8. The maximum atomic E-state index is 4.07. The normalized spacial score (nSPS) is 37.5. The zero-order chi connectivity index (χ0) is 11.9. The maximum absolute atomic E-state index is 4.07. The van der Waals surface area contributed by atoms with Crippen molar-refractivity contribution < 1.29 is 0 Å². The number of aromatic amines is 1. The van der Waals surface area contributed by atoms with E-state index in [1.165, 1.54) is 31.7 Å². The van der Waals surface area contributed by atoms with Crippen molar-refractivity contribution in [1.82, 2.24) is 20.2 Å². The van der Waals surface area contributed by atoms with Gasteiger partial charge >= 0.3 is 0 Å². The standard InChI is InChI=1S/C13H22N4/c1-12-4-5-16-13(12,2)9-17(8-12)6-3-11-7-14-10-15-11/h7,10,16H,3-6,8-9H2,1-2H3,(H,14,15)/t12-,13+/m0/s1. The Morgan fingerprint density at radius 2 is 2.29 bits per heavy atom. The number of nitrogens with zero attached hydrogens (tertiary/aromatic N) is 2. The molecule has 4 nitrogen and oxygen atoms in total. The average Bonchev–Trinajstić information content (AvgIpc) is 2.89. The van der Waals surface area contributed by atoms with E-state index in [2.05, 4.69) is 34.0 Å². The summed E-state index contributed by atoms with van der Waals surface area (Å²) in [6.45, 7) is 9.54. The fourth-order valence-corrected chi connectivity index (χ4v) is 3.46. The van der Waals surface area contributed by atoms with Crippen molar-refractivity contribution in [1.29, 1.82) is 0 Å². The van der Waals surface area contributed by atoms with Crippen LogP contribution in [0, 0.1) is 5.41 Å². The van der Waals surface area contributed by atoms with E-state index in [0.717, 1.165) is 13.0 Å². The van der Waals surface area contributed by atoms with Gasteiger partial charge in [-0.3, -0.25) is 0 Å². The number of hydrogen-bond donors (Lipinski definition) is 2. The molecule has 1 aromatic rings. The Bertz CT molecular complexity index is 370. The van der Waals surface area contributed by atoms with Crippen LogP contribution in [0.5, 0.6) is 0 Å². The summed E-state index contributed by atoms with van der Waals surface area (Å²) < 4.78 is 0. The van der Waals surface area contributed by atoms with Crippen molar-refractivity contribution in [2.75, 3.05) is 26.2 Å². The number of fused-ring (bicyclic) bond motifs is 1. The molecule has 0 radical (unpaired) electrons. The van der Waals surface area contributed by atoms with Gasteiger partial charge in [0.15, 0.2) is 0 Å². The van der Waals surface area contributed by atoms with Gasteiger partial charge in [-0.05, 0) is 19.9 Å². The number of likely N-dealkylation sites (tertiary alicyclic amines) is 1. The molecule has 2 aliphatic heterocycles. The molecule has 2 aliphatic rings. The second-order valence-corrected chi connectivity index (χ2v) is 6.11. The summed E-state index contributed by atoms with van der Waals surface area (Å²) in [7, 11) is 0. The van der Waals surface area contributed by atoms with Crippen LogP contribution in [-0.2, 0) is 6.42 Å². The lowest BCUT2D eigenvalue weighted by Crippen LogP contribution is -2.47. The minimum atomic E-state index is 0.320. The molecule has 0 bridgehead atoms. The molecule has 94 valence electrons. The van der Waals surface area contributed by atoms with Crippen LogP contribution < -0.4 is 5.32 Å². The van der Waals surface area contributed by atoms with Crippen LogP contribution >= 0.6 is 0 Å². The third kappa shape index (κ3) is 1.79. The molecule has 2 atom stereocenters. The first-order valence-electron chi connectivity index (χ1n) is 6.56. The Morgan fingerprint density at radius 3 is 3.00 bits per heavy atom. The third-order valence-electron chi connectivity index (χ3n) is 4.89. The number of hydrogen-bond acceptors (Lipinski definition) is 3. The Labute approximate surface area is 103 Å². The third-order valence-corrected chi connectivity index (χ3v) is 4.89. The summed E-state index contributed by atoms with van der Waals surface area (Å²) in [4.78, 5) is 9.83. The van der Waals surface area contributed by atoms with Crippen LogP contribution in [0.3, 0.4) is 0 Å². The lowest BCUT2D eigenvalue weighted by atomic mass is 9.76. The second kappa shape index (κ2) is 3.82. The molecule has 3 rings (SSSR count). The van der Waals surface area contributed by atoms with Crippen LogP contribution in [0.1, 0.15) is 26.0 Å². The van der Waals surface area contributed by atoms with Gasteiger partial charge in [0.1, 0.15) is 0 Å². The lowest BCUT2D eigenvalue weighted by Gasteiger charge is -2.32. The van der Waals surface area contributed by atoms with E-state index in [1.807, 2.05) is 6.20 Å². The molecule has 4 heteroatoms. The van der Waals surface area contributed by atoms with Gasteiger partial charge in [-0.25, -0.2) is 4.98 Å². The number of rotatable bonds is 3. The van der Waals surface area contributed by atoms with Crippen LogP contribution in [0.25, 0.3) is 0 Å². The van der Waals surface area contributed by atoms with E-state index in [0.29, 0.717) is 11.0 Å². The van der Waals surface area contributed by atoms with Gasteiger partial charge in [0.05, 0.1) is 6.33 Å². The Hall–Kier alpha value is -0.870. The fraction of sp³-hybridized carbons (Fsp3) is 0.769. The second-order valence-electron chi connectivity index (χ2n) is 6.11. The van der Waals surface area contributed by atoms with E-state index in [1.54, 1.807) is 6.33 Å². The van der Waals surface area contributed by atoms with E-state index in [9.17, 15) is 0 Å². The molecule has 3 heterocycles. The van der Waals surface area contributed by atoms with Gasteiger partial charge in [-0.1, -0.05) is 6.92 Å². The lowest BCUT2D eigenvalue weighted by molar-refractivity contribution is 0.246. The van der Waals surface area contributed by atoms with Crippen molar-refractivity contribution in [2.24, 2.45) is 5.41 Å². The summed E-state index contributed by atoms with van der Waals surface area (Å²) in [6, 6.07) is 0. The first kappa shape index (κ1) is 11.2. The number of imidazole rings is 1. The number of H-pyrrole nitrogens is 1. The molecular formula is C13H22N4. The predicted molar refractivity (Wildman–Crippen MR) is 67.9 cm³/mol. The van der Waals surface area contributed by atoms with Crippen molar-refractivity contribution in [3.05, 3.63) is 18.2 Å². The van der Waals surface area contributed by atoms with Crippen molar-refractivity contribution in [3.63, 3.8) is 0 Å². The Morgan fingerprint density at radius 1 is 1.41 bits per heavy atom. The van der Waals surface area contributed by atoms with Crippen LogP contribution in [0.4, 0.5) is 0 Å². The molecule has 2 saturated heterocycles. The van der Waals surface area contributed by atoms with E-state index in [-0.39, 0.29) is 0 Å². The molecule has 2 fully saturated rings. The first-order valence-corrected chi connectivity index (χ1v) is 6.56. The highest BCUT2D eigenvalue weighted by molar-refractivity contribution is 5.12. The summed E-state index contributed by atoms with van der Waals surface area (Å²) in [5.41, 5.74) is 2.02. The molecule has 0 aliphatic carbocycles. The van der Waals surface area contributed by atoms with Crippen molar-refractivity contribution >= 4 is 0 Å². The average molecular weight is 234 g/mol. The monoisotopic (exact) mass is 234 g/mol. The van der Waals surface area contributed by atoms with E-state index in [4.69, 9.17) is 0 Å². The molecule has 1 aromatic heterocycles. The molecule has 0 unspecified atom stereocenters. The van der Waals surface area contributed by atoms with Gasteiger partial charge in [-0.15, -0.1) is 0 Å². The van der Waals surface area contributed by atoms with Crippen LogP contribution in [0.15, 0.2) is 12.5 Å². The Balaban J connectivity index is 1.61. The van der Waals surface area contributed by atoms with Gasteiger partial charge < -0.3 is 15.2 Å². The minimum absolute atomic E-state index is 0.320. The minimum Gasteiger partial charge on any atom is -0.348 e. The van der Waals surface area contributed by atoms with Gasteiger partial charge in [-0.2, -0.15) is 0 Å². The van der Waals surface area contributed by atoms with Gasteiger partial charge in [0.2, 0.25) is 0 Å². The topological polar surface area (TPSA) is 44.0 Å². The van der Waals surface area contributed by atoms with Gasteiger partial charge in [0, 0.05) is 48.9 Å². The Kier molecular flexibility index (Phi) is 2.52. The van der Waals surface area contributed by atoms with E-state index < -0.39 is 0 Å². The van der Waals surface area contributed by atoms with Gasteiger partial charge in [0.25, 0.3) is 0 Å². The molecule has 0 amide bonds. The molecule has 0 saturated carbocycles. The molecule has 17 heavy (non-hydrogen) atoms. The van der Waals surface area contributed by atoms with E-state index >= 15 is 0 Å². The highest BCUT2D eigenvalue weighted by atomic mass is 15.2. The highest BCUT2D eigenvalue weighted by Gasteiger charge is 2.54. The number of nitrogens with one attached hydrogen (secondary N) is 2. The quantitative estimate of drug-likeness (QED) is 0.821. The van der Waals surface area contributed by atoms with Crippen LogP contribution in [0.2, 0.25) is 0 Å². The summed E-state index contributed by atoms with van der Waals surface area (Å²) in [5, 5.41) is 3.70. The molecule has 2 N–H and O–H groups in total. The SMILES string of the molecule is C[C@@]12CCN[C@]1(C)CN(CCc1cnc[nH]1)C2. The first-order chi connectivity index (χ1) is 8.11. The molecule has 0 spiro atoms. The predicted octanol–water partition coefficient (Wildman–Crippen LogP) is 1.03. The van der Waals surface area contributed by atoms with Crippen molar-refractivity contribution in [3.8, 4) is 0 Å². The van der Waals surface area contributed by atoms with Crippen molar-refractivity contribution in [2.45, 2.75) is 32.2 Å². The zero-order valence-corrected chi connectivity index (χ0v) is 10.8. The largest absolute Gasteiger partial charge is 0.348 e. The fourth-order valence-electron chi connectivity index (χ4n) is 3.46. The smallest absolute Gasteiger partial charge is 0.0921 e. The summed E-state index contributed by atoms with van der Waals surface area (Å²) >= 11 is 0.